The van der Waals surface area contributed by atoms with Crippen molar-refractivity contribution in [1.82, 2.24) is 10.6 Å². The molecular weight excluding hydrogens is 514 g/mol. The molecule has 2 N–H and O–H groups in total. The Labute approximate surface area is 247 Å². The summed E-state index contributed by atoms with van der Waals surface area (Å²) in [7, 11) is 1.76. The molecule has 0 bridgehead atoms. The molecule has 2 aromatic carbocycles. The summed E-state index contributed by atoms with van der Waals surface area (Å²) in [5, 5.41) is 7.29. The van der Waals surface area contributed by atoms with Crippen LogP contribution in [0.25, 0.3) is 0 Å². The Bertz CT molecular complexity index is 1030. The van der Waals surface area contributed by atoms with Gasteiger partial charge >= 0.3 is 0 Å². The second-order valence-electron chi connectivity index (χ2n) is 11.9. The zero-order valence-electron chi connectivity index (χ0n) is 25.1. The number of nitrogens with one attached hydrogen (secondary N) is 2. The van der Waals surface area contributed by atoms with Gasteiger partial charge in [0.25, 0.3) is 0 Å². The molecule has 0 amide bonds. The number of ether oxygens (including phenoxy) is 4. The van der Waals surface area contributed by atoms with Crippen molar-refractivity contribution in [2.75, 3.05) is 71.2 Å². The van der Waals surface area contributed by atoms with Gasteiger partial charge in [-0.1, -0.05) is 37.5 Å². The van der Waals surface area contributed by atoms with E-state index in [-0.39, 0.29) is 0 Å². The van der Waals surface area contributed by atoms with Crippen LogP contribution in [-0.2, 0) is 16.1 Å². The third kappa shape index (κ3) is 9.08. The van der Waals surface area contributed by atoms with E-state index in [1.165, 1.54) is 48.9 Å². The van der Waals surface area contributed by atoms with Crippen molar-refractivity contribution < 1.29 is 18.9 Å². The van der Waals surface area contributed by atoms with Gasteiger partial charge in [-0.3, -0.25) is 0 Å². The van der Waals surface area contributed by atoms with Gasteiger partial charge in [-0.25, -0.2) is 0 Å². The summed E-state index contributed by atoms with van der Waals surface area (Å²) >= 11 is 0. The van der Waals surface area contributed by atoms with Gasteiger partial charge in [-0.15, -0.1) is 0 Å². The fourth-order valence-corrected chi connectivity index (χ4v) is 6.59. The number of hydrogen-bond acceptors (Lipinski definition) is 7. The molecule has 7 nitrogen and oxygen atoms in total. The van der Waals surface area contributed by atoms with Gasteiger partial charge < -0.3 is 34.5 Å². The van der Waals surface area contributed by atoms with Crippen molar-refractivity contribution in [3.63, 3.8) is 0 Å². The van der Waals surface area contributed by atoms with Crippen LogP contribution in [-0.4, -0.2) is 72.3 Å². The normalized spacial score (nSPS) is 21.3. The van der Waals surface area contributed by atoms with Crippen LogP contribution in [0, 0.1) is 5.92 Å². The molecule has 3 aliphatic rings. The van der Waals surface area contributed by atoms with Gasteiger partial charge in [-0.05, 0) is 86.5 Å². The number of piperidine rings is 1. The third-order valence-corrected chi connectivity index (χ3v) is 8.90. The Morgan fingerprint density at radius 1 is 1.00 bits per heavy atom. The zero-order chi connectivity index (χ0) is 28.1. The van der Waals surface area contributed by atoms with Crippen LogP contribution in [0.5, 0.6) is 11.5 Å². The van der Waals surface area contributed by atoms with Crippen LogP contribution in [0.4, 0.5) is 5.69 Å². The minimum absolute atomic E-state index is 0.452. The number of anilines is 1. The number of fused-ring (bicyclic) bond motifs is 1. The van der Waals surface area contributed by atoms with Gasteiger partial charge in [0.1, 0.15) is 18.1 Å². The van der Waals surface area contributed by atoms with Crippen molar-refractivity contribution in [3.8, 4) is 11.5 Å². The SMILES string of the molecule is COCCCN1CCOc2ccc(COCC3CNCC[C@@H]3c3ccc(OCCCNC4CCCCC4)cc3)cc21. The maximum Gasteiger partial charge on any atom is 0.142 e. The zero-order valence-corrected chi connectivity index (χ0v) is 25.1. The van der Waals surface area contributed by atoms with E-state index < -0.39 is 0 Å². The molecule has 7 heteroatoms. The molecule has 1 unspecified atom stereocenters. The summed E-state index contributed by atoms with van der Waals surface area (Å²) < 4.78 is 23.5. The third-order valence-electron chi connectivity index (χ3n) is 8.90. The van der Waals surface area contributed by atoms with Crippen LogP contribution in [0.3, 0.4) is 0 Å². The first kappa shape index (κ1) is 30.1. The van der Waals surface area contributed by atoms with E-state index in [1.54, 1.807) is 7.11 Å². The fraction of sp³-hybridized carbons (Fsp3) is 0.647. The lowest BCUT2D eigenvalue weighted by atomic mass is 9.81. The fourth-order valence-electron chi connectivity index (χ4n) is 6.59. The van der Waals surface area contributed by atoms with Crippen molar-refractivity contribution >= 4 is 5.69 Å². The first-order valence-electron chi connectivity index (χ1n) is 16.0. The van der Waals surface area contributed by atoms with Crippen molar-refractivity contribution in [1.29, 1.82) is 0 Å². The Hall–Kier alpha value is -2.32. The van der Waals surface area contributed by atoms with Crippen LogP contribution in [0.15, 0.2) is 42.5 Å². The lowest BCUT2D eigenvalue weighted by Gasteiger charge is -2.33. The van der Waals surface area contributed by atoms with Crippen molar-refractivity contribution in [3.05, 3.63) is 53.6 Å². The number of nitrogens with zero attached hydrogens (tertiary/aromatic N) is 1. The summed E-state index contributed by atoms with van der Waals surface area (Å²) in [4.78, 5) is 2.41. The predicted molar refractivity (Wildman–Crippen MR) is 165 cm³/mol. The molecule has 5 rings (SSSR count). The van der Waals surface area contributed by atoms with E-state index in [2.05, 4.69) is 58.0 Å². The van der Waals surface area contributed by atoms with E-state index in [0.717, 1.165) is 96.0 Å². The topological polar surface area (TPSA) is 64.2 Å². The van der Waals surface area contributed by atoms with Gasteiger partial charge in [-0.2, -0.15) is 0 Å². The highest BCUT2D eigenvalue weighted by Gasteiger charge is 2.27. The van der Waals surface area contributed by atoms with Gasteiger partial charge in [0.05, 0.1) is 32.1 Å². The summed E-state index contributed by atoms with van der Waals surface area (Å²) in [6.07, 6.45) is 10.0. The molecule has 1 aliphatic carbocycles. The minimum Gasteiger partial charge on any atom is -0.494 e. The maximum absolute atomic E-state index is 6.33. The molecular formula is C34H51N3O4. The molecule has 1 saturated carbocycles. The molecule has 0 radical (unpaired) electrons. The molecule has 1 saturated heterocycles. The average molecular weight is 566 g/mol. The van der Waals surface area contributed by atoms with Crippen molar-refractivity contribution in [2.45, 2.75) is 69.9 Å². The van der Waals surface area contributed by atoms with Gasteiger partial charge in [0.2, 0.25) is 0 Å². The second kappa shape index (κ2) is 16.4. The predicted octanol–water partition coefficient (Wildman–Crippen LogP) is 5.52. The molecule has 2 atom stereocenters. The van der Waals surface area contributed by atoms with Gasteiger partial charge in [0.15, 0.2) is 0 Å². The Morgan fingerprint density at radius 2 is 1.88 bits per heavy atom. The van der Waals surface area contributed by atoms with E-state index in [1.807, 2.05) is 0 Å². The van der Waals surface area contributed by atoms with Crippen LogP contribution < -0.4 is 25.0 Å². The quantitative estimate of drug-likeness (QED) is 0.276. The summed E-state index contributed by atoms with van der Waals surface area (Å²) in [6.45, 7) is 8.62. The monoisotopic (exact) mass is 565 g/mol. The lowest BCUT2D eigenvalue weighted by Crippen LogP contribution is -2.37. The molecule has 2 aliphatic heterocycles. The molecule has 0 aromatic heterocycles. The summed E-state index contributed by atoms with van der Waals surface area (Å²) in [5.41, 5.74) is 3.76. The van der Waals surface area contributed by atoms with E-state index in [0.29, 0.717) is 18.4 Å². The second-order valence-corrected chi connectivity index (χ2v) is 11.9. The highest BCUT2D eigenvalue weighted by atomic mass is 16.5. The van der Waals surface area contributed by atoms with E-state index in [9.17, 15) is 0 Å². The molecule has 2 fully saturated rings. The smallest absolute Gasteiger partial charge is 0.142 e. The standard InChI is InChI=1S/C34H51N3O4/c1-38-20-6-18-37-19-22-41-34-14-9-27(23-33(34)37)25-39-26-29-24-35-17-15-32(29)28-10-12-31(13-11-28)40-21-5-16-36-30-7-3-2-4-8-30/h9-14,23,29-30,32,35-36H,2-8,15-22,24-26H2,1H3/t29?,32-/m1/s1. The lowest BCUT2D eigenvalue weighted by molar-refractivity contribution is 0.0700. The Morgan fingerprint density at radius 3 is 2.73 bits per heavy atom. The molecule has 2 aromatic rings. The highest BCUT2D eigenvalue weighted by Crippen LogP contribution is 2.34. The summed E-state index contributed by atoms with van der Waals surface area (Å²) in [5.74, 6) is 2.89. The Kier molecular flexibility index (Phi) is 12.0. The number of hydrogen-bond donors (Lipinski definition) is 2. The number of methoxy groups -OCH3 is 1. The van der Waals surface area contributed by atoms with Crippen LogP contribution in [0.1, 0.15) is 68.4 Å². The number of rotatable bonds is 15. The number of benzene rings is 2. The molecule has 2 heterocycles. The maximum atomic E-state index is 6.33. The van der Waals surface area contributed by atoms with Gasteiger partial charge in [0, 0.05) is 38.8 Å². The van der Waals surface area contributed by atoms with E-state index >= 15 is 0 Å². The molecule has 41 heavy (non-hydrogen) atoms. The molecule has 0 spiro atoms. The average Bonchev–Trinajstić information content (AvgIpc) is 3.02. The van der Waals surface area contributed by atoms with Crippen LogP contribution in [0.2, 0.25) is 0 Å². The largest absolute Gasteiger partial charge is 0.494 e. The molecule has 226 valence electrons. The van der Waals surface area contributed by atoms with E-state index in [4.69, 9.17) is 18.9 Å². The van der Waals surface area contributed by atoms with Crippen molar-refractivity contribution in [2.24, 2.45) is 5.92 Å². The summed E-state index contributed by atoms with van der Waals surface area (Å²) in [6, 6.07) is 16.0. The first-order valence-corrected chi connectivity index (χ1v) is 16.0. The first-order chi connectivity index (χ1) is 20.3. The highest BCUT2D eigenvalue weighted by molar-refractivity contribution is 5.61. The minimum atomic E-state index is 0.452. The van der Waals surface area contributed by atoms with Crippen LogP contribution >= 0.6 is 0 Å². The Balaban J connectivity index is 1.07.